The molecule has 0 bridgehead atoms. The lowest BCUT2D eigenvalue weighted by Crippen LogP contribution is -2.04. The van der Waals surface area contributed by atoms with Gasteiger partial charge in [0.05, 0.1) is 0 Å². The zero-order valence-corrected chi connectivity index (χ0v) is 17.8. The van der Waals surface area contributed by atoms with E-state index in [1.807, 2.05) is 0 Å². The molecule has 0 fully saturated rings. The van der Waals surface area contributed by atoms with Crippen LogP contribution in [0.2, 0.25) is 0 Å². The van der Waals surface area contributed by atoms with Gasteiger partial charge in [-0.15, -0.1) is 0 Å². The summed E-state index contributed by atoms with van der Waals surface area (Å²) < 4.78 is 0. The van der Waals surface area contributed by atoms with Crippen LogP contribution in [0.25, 0.3) is 22.3 Å². The van der Waals surface area contributed by atoms with Crippen molar-refractivity contribution in [3.8, 4) is 33.8 Å². The molecule has 0 heterocycles. The molecule has 0 saturated heterocycles. The van der Waals surface area contributed by atoms with Crippen molar-refractivity contribution < 1.29 is 29.0 Å². The van der Waals surface area contributed by atoms with Gasteiger partial charge < -0.3 is 0 Å². The van der Waals surface area contributed by atoms with Gasteiger partial charge in [-0.1, -0.05) is 60.7 Å². The molecule has 0 saturated carbocycles. The van der Waals surface area contributed by atoms with Crippen LogP contribution in [0.3, 0.4) is 0 Å². The minimum atomic E-state index is 0.340. The molecule has 0 N–H and O–H groups in total. The summed E-state index contributed by atoms with van der Waals surface area (Å²) in [6.45, 7) is 0. The molecule has 0 aliphatic rings. The summed E-state index contributed by atoms with van der Waals surface area (Å²) in [6, 6.07) is 23.6. The van der Waals surface area contributed by atoms with Crippen LogP contribution < -0.4 is 9.78 Å². The van der Waals surface area contributed by atoms with Gasteiger partial charge in [-0.05, 0) is 35.4 Å². The monoisotopic (exact) mass is 450 g/mol. The molecule has 34 heavy (non-hydrogen) atoms. The number of rotatable bonds is 9. The summed E-state index contributed by atoms with van der Waals surface area (Å²) >= 11 is 0. The Balaban J connectivity index is 1.69. The SMILES string of the molecule is O=Cc1ccc(-c2ccccc2OOc2ccccc2-c2ccc(C=O)cc2C=O)c(C=O)c1. The Morgan fingerprint density at radius 1 is 0.441 bits per heavy atom. The number of benzene rings is 4. The number of para-hydroxylation sites is 2. The van der Waals surface area contributed by atoms with Crippen molar-refractivity contribution >= 4 is 25.1 Å². The summed E-state index contributed by atoms with van der Waals surface area (Å²) in [5.74, 6) is 0.706. The lowest BCUT2D eigenvalue weighted by atomic mass is 9.97. The fraction of sp³-hybridized carbons (Fsp3) is 0. The van der Waals surface area contributed by atoms with Crippen molar-refractivity contribution in [2.45, 2.75) is 0 Å². The highest BCUT2D eigenvalue weighted by Crippen LogP contribution is 2.35. The molecule has 166 valence electrons. The predicted molar refractivity (Wildman–Crippen MR) is 127 cm³/mol. The molecular weight excluding hydrogens is 432 g/mol. The molecule has 0 radical (unpaired) electrons. The minimum absolute atomic E-state index is 0.340. The fourth-order valence-electron chi connectivity index (χ4n) is 3.61. The van der Waals surface area contributed by atoms with Crippen LogP contribution in [-0.4, -0.2) is 25.1 Å². The molecule has 0 aliphatic heterocycles. The van der Waals surface area contributed by atoms with Gasteiger partial charge in [-0.2, -0.15) is 0 Å². The van der Waals surface area contributed by atoms with E-state index in [9.17, 15) is 19.2 Å². The zero-order valence-electron chi connectivity index (χ0n) is 17.8. The maximum Gasteiger partial charge on any atom is 0.186 e. The Morgan fingerprint density at radius 2 is 0.853 bits per heavy atom. The molecule has 4 rings (SSSR count). The molecule has 0 amide bonds. The van der Waals surface area contributed by atoms with E-state index in [0.29, 0.717) is 81.2 Å². The van der Waals surface area contributed by atoms with Gasteiger partial charge >= 0.3 is 0 Å². The van der Waals surface area contributed by atoms with Gasteiger partial charge in [-0.3, -0.25) is 29.0 Å². The van der Waals surface area contributed by atoms with E-state index in [-0.39, 0.29) is 0 Å². The summed E-state index contributed by atoms with van der Waals surface area (Å²) in [5, 5.41) is 0. The summed E-state index contributed by atoms with van der Waals surface area (Å²) in [4.78, 5) is 56.8. The Hall–Kier alpha value is -4.84. The lowest BCUT2D eigenvalue weighted by molar-refractivity contribution is -0.0987. The quantitative estimate of drug-likeness (QED) is 0.186. The standard InChI is InChI=1S/C28H18O6/c29-15-19-9-11-23(21(13-19)17-31)25-5-1-3-7-27(25)33-34-28-8-4-2-6-26(28)24-12-10-20(16-30)14-22(24)18-32/h1-18H. The first-order valence-electron chi connectivity index (χ1n) is 10.3. The molecule has 0 atom stereocenters. The Kier molecular flexibility index (Phi) is 6.70. The van der Waals surface area contributed by atoms with Crippen LogP contribution in [-0.2, 0) is 0 Å². The molecule has 6 nitrogen and oxygen atoms in total. The Morgan fingerprint density at radius 3 is 1.24 bits per heavy atom. The van der Waals surface area contributed by atoms with Crippen molar-refractivity contribution in [1.29, 1.82) is 0 Å². The third-order valence-electron chi connectivity index (χ3n) is 5.25. The second-order valence-corrected chi connectivity index (χ2v) is 7.32. The van der Waals surface area contributed by atoms with E-state index in [1.54, 1.807) is 72.8 Å². The van der Waals surface area contributed by atoms with E-state index < -0.39 is 0 Å². The van der Waals surface area contributed by atoms with E-state index in [0.717, 1.165) is 0 Å². The Labute approximate surface area is 195 Å². The fourth-order valence-corrected chi connectivity index (χ4v) is 3.61. The first kappa shape index (κ1) is 22.4. The van der Waals surface area contributed by atoms with Gasteiger partial charge in [0.25, 0.3) is 0 Å². The number of carbonyl (C=O) groups is 4. The van der Waals surface area contributed by atoms with Gasteiger partial charge in [0.1, 0.15) is 12.6 Å². The van der Waals surface area contributed by atoms with E-state index in [2.05, 4.69) is 0 Å². The van der Waals surface area contributed by atoms with Crippen LogP contribution in [0.4, 0.5) is 0 Å². The zero-order chi connectivity index (χ0) is 23.9. The molecule has 6 heteroatoms. The average molecular weight is 450 g/mol. The highest BCUT2D eigenvalue weighted by atomic mass is 17.2. The van der Waals surface area contributed by atoms with Crippen molar-refractivity contribution in [2.75, 3.05) is 0 Å². The van der Waals surface area contributed by atoms with Crippen LogP contribution in [0, 0.1) is 0 Å². The van der Waals surface area contributed by atoms with Crippen molar-refractivity contribution in [3.63, 3.8) is 0 Å². The van der Waals surface area contributed by atoms with Crippen LogP contribution in [0.5, 0.6) is 11.5 Å². The number of hydrogen-bond acceptors (Lipinski definition) is 6. The smallest absolute Gasteiger partial charge is 0.186 e. The second kappa shape index (κ2) is 10.2. The van der Waals surface area contributed by atoms with E-state index in [4.69, 9.17) is 9.78 Å². The molecule has 0 aromatic heterocycles. The van der Waals surface area contributed by atoms with Crippen molar-refractivity contribution in [2.24, 2.45) is 0 Å². The van der Waals surface area contributed by atoms with Crippen LogP contribution in [0.1, 0.15) is 41.4 Å². The Bertz CT molecular complexity index is 1280. The first-order chi connectivity index (χ1) is 16.7. The summed E-state index contributed by atoms with van der Waals surface area (Å²) in [5.41, 5.74) is 3.83. The van der Waals surface area contributed by atoms with Crippen molar-refractivity contribution in [1.82, 2.24) is 0 Å². The largest absolute Gasteiger partial charge is 0.298 e. The highest BCUT2D eigenvalue weighted by molar-refractivity contribution is 5.93. The highest BCUT2D eigenvalue weighted by Gasteiger charge is 2.15. The topological polar surface area (TPSA) is 86.7 Å². The van der Waals surface area contributed by atoms with Gasteiger partial charge in [0.2, 0.25) is 0 Å². The average Bonchev–Trinajstić information content (AvgIpc) is 2.91. The van der Waals surface area contributed by atoms with E-state index in [1.165, 1.54) is 12.1 Å². The third-order valence-corrected chi connectivity index (χ3v) is 5.25. The minimum Gasteiger partial charge on any atom is -0.298 e. The third kappa shape index (κ3) is 4.52. The van der Waals surface area contributed by atoms with Crippen molar-refractivity contribution in [3.05, 3.63) is 107 Å². The molecule has 0 aliphatic carbocycles. The maximum atomic E-state index is 11.6. The molecule has 0 unspecified atom stereocenters. The van der Waals surface area contributed by atoms with Gasteiger partial charge in [0, 0.05) is 33.4 Å². The number of hydrogen-bond donors (Lipinski definition) is 0. The van der Waals surface area contributed by atoms with Crippen LogP contribution >= 0.6 is 0 Å². The molecule has 0 spiro atoms. The normalized spacial score (nSPS) is 10.2. The molecular formula is C28H18O6. The van der Waals surface area contributed by atoms with Gasteiger partial charge in [0.15, 0.2) is 24.1 Å². The number of aldehydes is 4. The molecule has 4 aromatic rings. The van der Waals surface area contributed by atoms with E-state index >= 15 is 0 Å². The predicted octanol–water partition coefficient (Wildman–Crippen LogP) is 5.64. The second-order valence-electron chi connectivity index (χ2n) is 7.32. The van der Waals surface area contributed by atoms with Crippen LogP contribution in [0.15, 0.2) is 84.9 Å². The summed E-state index contributed by atoms with van der Waals surface area (Å²) in [6.07, 6.45) is 2.71. The number of carbonyl (C=O) groups excluding carboxylic acids is 4. The maximum absolute atomic E-state index is 11.6. The molecule has 4 aromatic carbocycles. The summed E-state index contributed by atoms with van der Waals surface area (Å²) in [7, 11) is 0. The first-order valence-corrected chi connectivity index (χ1v) is 10.3. The van der Waals surface area contributed by atoms with Gasteiger partial charge in [-0.25, -0.2) is 0 Å². The lowest BCUT2D eigenvalue weighted by Gasteiger charge is -2.15.